The van der Waals surface area contributed by atoms with E-state index in [0.29, 0.717) is 23.8 Å². The molecule has 0 radical (unpaired) electrons. The molecule has 2 amide bonds. The number of anilines is 1. The van der Waals surface area contributed by atoms with Gasteiger partial charge in [0.15, 0.2) is 5.13 Å². The molecule has 0 atom stereocenters. The number of amides is 2. The monoisotopic (exact) mass is 422 g/mol. The van der Waals surface area contributed by atoms with Crippen LogP contribution in [0.25, 0.3) is 11.1 Å². The molecule has 1 heterocycles. The quantitative estimate of drug-likeness (QED) is 0.600. The summed E-state index contributed by atoms with van der Waals surface area (Å²) in [6, 6.07) is 17.5. The molecule has 3 rings (SSSR count). The normalized spacial score (nSPS) is 10.8. The van der Waals surface area contributed by atoms with Gasteiger partial charge in [-0.3, -0.25) is 9.59 Å². The van der Waals surface area contributed by atoms with Crippen molar-refractivity contribution in [1.82, 2.24) is 14.8 Å². The second kappa shape index (κ2) is 10.1. The van der Waals surface area contributed by atoms with Crippen LogP contribution in [0.5, 0.6) is 0 Å². The van der Waals surface area contributed by atoms with Gasteiger partial charge in [0, 0.05) is 24.0 Å². The first-order valence-electron chi connectivity index (χ1n) is 9.74. The molecule has 0 saturated heterocycles. The molecule has 0 spiro atoms. The Kier molecular flexibility index (Phi) is 7.32. The Bertz CT molecular complexity index is 984. The van der Waals surface area contributed by atoms with Crippen LogP contribution in [0.2, 0.25) is 0 Å². The minimum absolute atomic E-state index is 0.0221. The van der Waals surface area contributed by atoms with Gasteiger partial charge in [0.1, 0.15) is 6.54 Å². The van der Waals surface area contributed by atoms with Gasteiger partial charge >= 0.3 is 0 Å². The van der Waals surface area contributed by atoms with Crippen molar-refractivity contribution in [3.8, 4) is 11.1 Å². The summed E-state index contributed by atoms with van der Waals surface area (Å²) in [5, 5.41) is 5.20. The van der Waals surface area contributed by atoms with Crippen LogP contribution in [0.3, 0.4) is 0 Å². The summed E-state index contributed by atoms with van der Waals surface area (Å²) in [5.41, 5.74) is 3.56. The smallest absolute Gasteiger partial charge is 0.254 e. The van der Waals surface area contributed by atoms with Crippen LogP contribution in [0, 0.1) is 6.92 Å². The molecule has 156 valence electrons. The lowest BCUT2D eigenvalue weighted by Gasteiger charge is -2.24. The zero-order valence-electron chi connectivity index (χ0n) is 17.5. The minimum Gasteiger partial charge on any atom is -0.328 e. The Morgan fingerprint density at radius 3 is 2.23 bits per heavy atom. The zero-order chi connectivity index (χ0) is 21.5. The lowest BCUT2D eigenvalue weighted by molar-refractivity contribution is -0.116. The van der Waals surface area contributed by atoms with Gasteiger partial charge in [-0.1, -0.05) is 42.5 Å². The fourth-order valence-corrected chi connectivity index (χ4v) is 3.64. The van der Waals surface area contributed by atoms with Crippen molar-refractivity contribution in [2.24, 2.45) is 0 Å². The first-order chi connectivity index (χ1) is 14.4. The number of thiazole rings is 1. The third-order valence-electron chi connectivity index (χ3n) is 4.54. The molecule has 0 bridgehead atoms. The van der Waals surface area contributed by atoms with Crippen molar-refractivity contribution in [2.75, 3.05) is 39.0 Å². The Hall–Kier alpha value is -3.03. The SMILES string of the molecule is Cc1csc(NC(=O)CN(CCN(C)C)C(=O)c2ccc(-c3ccccc3)cc2)n1. The number of rotatable bonds is 8. The minimum atomic E-state index is -0.252. The molecule has 0 aliphatic carbocycles. The van der Waals surface area contributed by atoms with Crippen LogP contribution in [0.4, 0.5) is 5.13 Å². The summed E-state index contributed by atoms with van der Waals surface area (Å²) in [6.07, 6.45) is 0. The number of carbonyl (C=O) groups excluding carboxylic acids is 2. The molecule has 0 aliphatic rings. The molecule has 3 aromatic rings. The Morgan fingerprint density at radius 2 is 1.63 bits per heavy atom. The summed E-state index contributed by atoms with van der Waals surface area (Å²) in [6.45, 7) is 2.97. The van der Waals surface area contributed by atoms with Gasteiger partial charge in [-0.05, 0) is 44.3 Å². The fourth-order valence-electron chi connectivity index (χ4n) is 2.94. The van der Waals surface area contributed by atoms with E-state index in [4.69, 9.17) is 0 Å². The summed E-state index contributed by atoms with van der Waals surface area (Å²) in [7, 11) is 3.88. The molecule has 6 nitrogen and oxygen atoms in total. The lowest BCUT2D eigenvalue weighted by atomic mass is 10.0. The molecule has 1 aromatic heterocycles. The van der Waals surface area contributed by atoms with E-state index in [1.54, 1.807) is 4.90 Å². The van der Waals surface area contributed by atoms with Gasteiger partial charge in [-0.2, -0.15) is 0 Å². The van der Waals surface area contributed by atoms with Crippen molar-refractivity contribution < 1.29 is 9.59 Å². The van der Waals surface area contributed by atoms with E-state index >= 15 is 0 Å². The summed E-state index contributed by atoms with van der Waals surface area (Å²) < 4.78 is 0. The Morgan fingerprint density at radius 1 is 0.967 bits per heavy atom. The maximum atomic E-state index is 13.1. The third-order valence-corrected chi connectivity index (χ3v) is 5.42. The molecule has 7 heteroatoms. The molecule has 0 aliphatic heterocycles. The lowest BCUT2D eigenvalue weighted by Crippen LogP contribution is -2.41. The predicted molar refractivity (Wildman–Crippen MR) is 122 cm³/mol. The number of nitrogens with one attached hydrogen (secondary N) is 1. The van der Waals surface area contributed by atoms with Crippen LogP contribution < -0.4 is 5.32 Å². The van der Waals surface area contributed by atoms with Crippen molar-refractivity contribution in [3.63, 3.8) is 0 Å². The number of aryl methyl sites for hydroxylation is 1. The maximum absolute atomic E-state index is 13.1. The summed E-state index contributed by atoms with van der Waals surface area (Å²) in [4.78, 5) is 33.4. The van der Waals surface area contributed by atoms with Crippen molar-refractivity contribution in [3.05, 3.63) is 71.2 Å². The Labute approximate surface area is 181 Å². The number of hydrogen-bond acceptors (Lipinski definition) is 5. The van der Waals surface area contributed by atoms with Crippen molar-refractivity contribution >= 4 is 28.3 Å². The highest BCUT2D eigenvalue weighted by molar-refractivity contribution is 7.13. The van der Waals surface area contributed by atoms with E-state index in [-0.39, 0.29) is 18.4 Å². The Balaban J connectivity index is 1.71. The average Bonchev–Trinajstić information content (AvgIpc) is 3.15. The van der Waals surface area contributed by atoms with Gasteiger partial charge in [0.2, 0.25) is 5.91 Å². The van der Waals surface area contributed by atoms with Gasteiger partial charge in [-0.25, -0.2) is 4.98 Å². The molecular weight excluding hydrogens is 396 g/mol. The molecule has 2 aromatic carbocycles. The highest BCUT2D eigenvalue weighted by atomic mass is 32.1. The van der Waals surface area contributed by atoms with E-state index in [2.05, 4.69) is 10.3 Å². The summed E-state index contributed by atoms with van der Waals surface area (Å²) in [5.74, 6) is -0.417. The molecule has 30 heavy (non-hydrogen) atoms. The van der Waals surface area contributed by atoms with E-state index in [9.17, 15) is 9.59 Å². The van der Waals surface area contributed by atoms with Gasteiger partial charge < -0.3 is 15.1 Å². The highest BCUT2D eigenvalue weighted by Gasteiger charge is 2.20. The predicted octanol–water partition coefficient (Wildman–Crippen LogP) is 3.76. The topological polar surface area (TPSA) is 65.5 Å². The maximum Gasteiger partial charge on any atom is 0.254 e. The van der Waals surface area contributed by atoms with Crippen LogP contribution in [0.15, 0.2) is 60.0 Å². The fraction of sp³-hybridized carbons (Fsp3) is 0.261. The number of carbonyl (C=O) groups is 2. The zero-order valence-corrected chi connectivity index (χ0v) is 18.3. The van der Waals surface area contributed by atoms with Crippen molar-refractivity contribution in [2.45, 2.75) is 6.92 Å². The number of nitrogens with zero attached hydrogens (tertiary/aromatic N) is 3. The number of likely N-dealkylation sites (N-methyl/N-ethyl adjacent to an activating group) is 1. The first kappa shape index (κ1) is 21.7. The first-order valence-corrected chi connectivity index (χ1v) is 10.6. The van der Waals surface area contributed by atoms with Crippen LogP contribution in [0.1, 0.15) is 16.1 Å². The van der Waals surface area contributed by atoms with Crippen LogP contribution in [-0.4, -0.2) is 60.3 Å². The second-order valence-corrected chi connectivity index (χ2v) is 8.17. The van der Waals surface area contributed by atoms with Crippen LogP contribution >= 0.6 is 11.3 Å². The number of benzene rings is 2. The van der Waals surface area contributed by atoms with E-state index in [1.807, 2.05) is 85.9 Å². The van der Waals surface area contributed by atoms with E-state index in [1.165, 1.54) is 11.3 Å². The van der Waals surface area contributed by atoms with Gasteiger partial charge in [0.25, 0.3) is 5.91 Å². The standard InChI is InChI=1S/C23H26N4O2S/c1-17-16-30-23(24-17)25-21(28)15-27(14-13-26(2)3)22(29)20-11-9-19(10-12-20)18-7-5-4-6-8-18/h4-12,16H,13-15H2,1-3H3,(H,24,25,28). The molecular formula is C23H26N4O2S. The number of aromatic nitrogens is 1. The van der Waals surface area contributed by atoms with Gasteiger partial charge in [0.05, 0.1) is 5.69 Å². The third kappa shape index (κ3) is 5.98. The largest absolute Gasteiger partial charge is 0.328 e. The van der Waals surface area contributed by atoms with Crippen LogP contribution in [-0.2, 0) is 4.79 Å². The second-order valence-electron chi connectivity index (χ2n) is 7.32. The molecule has 0 saturated carbocycles. The van der Waals surface area contributed by atoms with Gasteiger partial charge in [-0.15, -0.1) is 11.3 Å². The summed E-state index contributed by atoms with van der Waals surface area (Å²) >= 11 is 1.37. The molecule has 1 N–H and O–H groups in total. The molecule has 0 fully saturated rings. The molecule has 0 unspecified atom stereocenters. The van der Waals surface area contributed by atoms with E-state index < -0.39 is 0 Å². The number of hydrogen-bond donors (Lipinski definition) is 1. The van der Waals surface area contributed by atoms with Crippen molar-refractivity contribution in [1.29, 1.82) is 0 Å². The average molecular weight is 423 g/mol. The highest BCUT2D eigenvalue weighted by Crippen LogP contribution is 2.20. The van der Waals surface area contributed by atoms with E-state index in [0.717, 1.165) is 16.8 Å².